The number of hydrogen-bond donors (Lipinski definition) is 1. The Morgan fingerprint density at radius 1 is 1.09 bits per heavy atom. The van der Waals surface area contributed by atoms with Crippen LogP contribution in [0.5, 0.6) is 5.75 Å². The average Bonchev–Trinajstić information content (AvgIpc) is 3.03. The van der Waals surface area contributed by atoms with Crippen molar-refractivity contribution in [1.82, 2.24) is 4.90 Å². The molecule has 2 aromatic rings. The first kappa shape index (κ1) is 24.5. The Bertz CT molecular complexity index is 1070. The number of aliphatic hydroxyl groups excluding tert-OH is 1. The average molecular weight is 454 g/mol. The molecular weight excluding hydrogens is 421 g/mol. The molecule has 6 heteroatoms. The highest BCUT2D eigenvalue weighted by Crippen LogP contribution is 2.42. The molecule has 33 heavy (non-hydrogen) atoms. The summed E-state index contributed by atoms with van der Waals surface area (Å²) in [5.74, 6) is -1.71. The van der Waals surface area contributed by atoms with Gasteiger partial charge in [0.2, 0.25) is 0 Å². The summed E-state index contributed by atoms with van der Waals surface area (Å²) in [4.78, 5) is 27.7. The number of ether oxygens (including phenoxy) is 1. The van der Waals surface area contributed by atoms with E-state index in [0.717, 1.165) is 24.8 Å². The summed E-state index contributed by atoms with van der Waals surface area (Å²) in [6.45, 7) is 8.56. The first-order chi connectivity index (χ1) is 15.6. The predicted octanol–water partition coefficient (Wildman–Crippen LogP) is 5.74. The van der Waals surface area contributed by atoms with Crippen LogP contribution in [-0.4, -0.2) is 35.4 Å². The smallest absolute Gasteiger partial charge is 0.295 e. The number of benzene rings is 2. The van der Waals surface area contributed by atoms with Crippen LogP contribution in [0, 0.1) is 5.82 Å². The maximum atomic E-state index is 13.6. The van der Waals surface area contributed by atoms with Crippen LogP contribution in [0.2, 0.25) is 0 Å². The van der Waals surface area contributed by atoms with Crippen molar-refractivity contribution in [3.8, 4) is 5.75 Å². The van der Waals surface area contributed by atoms with Gasteiger partial charge in [-0.1, -0.05) is 58.7 Å². The van der Waals surface area contributed by atoms with Gasteiger partial charge < -0.3 is 14.7 Å². The van der Waals surface area contributed by atoms with Crippen LogP contribution in [0.4, 0.5) is 4.39 Å². The Morgan fingerprint density at radius 3 is 2.33 bits per heavy atom. The largest absolute Gasteiger partial charge is 0.507 e. The van der Waals surface area contributed by atoms with Gasteiger partial charge in [0.05, 0.1) is 24.3 Å². The van der Waals surface area contributed by atoms with E-state index in [1.165, 1.54) is 24.1 Å². The number of hydrogen-bond acceptors (Lipinski definition) is 4. The Hall–Kier alpha value is -3.15. The summed E-state index contributed by atoms with van der Waals surface area (Å²) in [6.07, 6.45) is 2.59. The Labute approximate surface area is 194 Å². The number of Topliss-reactive ketones (excluding diaryl/α,β-unsaturated/α-hetero) is 1. The molecule has 1 atom stereocenters. The molecule has 5 nitrogen and oxygen atoms in total. The van der Waals surface area contributed by atoms with E-state index in [1.54, 1.807) is 24.3 Å². The predicted molar refractivity (Wildman–Crippen MR) is 127 cm³/mol. The van der Waals surface area contributed by atoms with Crippen LogP contribution in [0.15, 0.2) is 48.0 Å². The number of likely N-dealkylation sites (tertiary alicyclic amines) is 1. The zero-order chi connectivity index (χ0) is 24.3. The number of carbonyl (C=O) groups is 2. The van der Waals surface area contributed by atoms with Gasteiger partial charge in [-0.3, -0.25) is 9.59 Å². The monoisotopic (exact) mass is 453 g/mol. The standard InChI is InChI=1S/C27H32FNO4/c1-6-7-8-15-29-23(17-9-12-19(28)13-10-17)22(25(31)26(29)32)24(30)20-16-18(27(2,3)4)11-14-21(20)33-5/h9-14,16,23,30H,6-8,15H2,1-5H3/b24-22+. The van der Waals surface area contributed by atoms with Crippen molar-refractivity contribution in [1.29, 1.82) is 0 Å². The maximum Gasteiger partial charge on any atom is 0.295 e. The normalized spacial score (nSPS) is 18.1. The minimum absolute atomic E-state index is 0.00698. The lowest BCUT2D eigenvalue weighted by Crippen LogP contribution is -2.30. The number of methoxy groups -OCH3 is 1. The van der Waals surface area contributed by atoms with Gasteiger partial charge in [-0.2, -0.15) is 0 Å². The molecule has 0 radical (unpaired) electrons. The van der Waals surface area contributed by atoms with E-state index >= 15 is 0 Å². The Kier molecular flexibility index (Phi) is 7.25. The third-order valence-corrected chi connectivity index (χ3v) is 6.05. The van der Waals surface area contributed by atoms with Crippen LogP contribution in [-0.2, 0) is 15.0 Å². The summed E-state index contributed by atoms with van der Waals surface area (Å²) in [6, 6.07) is 10.3. The summed E-state index contributed by atoms with van der Waals surface area (Å²) in [7, 11) is 1.49. The molecule has 1 aliphatic heterocycles. The van der Waals surface area contributed by atoms with Gasteiger partial charge in [-0.25, -0.2) is 4.39 Å². The zero-order valence-corrected chi connectivity index (χ0v) is 19.9. The molecule has 2 aromatic carbocycles. The molecule has 0 aromatic heterocycles. The number of carbonyl (C=O) groups excluding carboxylic acids is 2. The third-order valence-electron chi connectivity index (χ3n) is 6.05. The van der Waals surface area contributed by atoms with E-state index < -0.39 is 23.5 Å². The molecule has 1 amide bonds. The fraction of sp³-hybridized carbons (Fsp3) is 0.407. The number of nitrogens with zero attached hydrogens (tertiary/aromatic N) is 1. The van der Waals surface area contributed by atoms with Gasteiger partial charge in [0.1, 0.15) is 17.3 Å². The quantitative estimate of drug-likeness (QED) is 0.251. The minimum atomic E-state index is -0.801. The molecule has 1 heterocycles. The lowest BCUT2D eigenvalue weighted by atomic mass is 9.85. The van der Waals surface area contributed by atoms with Crippen molar-refractivity contribution in [3.63, 3.8) is 0 Å². The van der Waals surface area contributed by atoms with Crippen molar-refractivity contribution in [2.45, 2.75) is 58.4 Å². The second kappa shape index (κ2) is 9.77. The van der Waals surface area contributed by atoms with E-state index in [4.69, 9.17) is 4.74 Å². The lowest BCUT2D eigenvalue weighted by Gasteiger charge is -2.26. The van der Waals surface area contributed by atoms with E-state index in [0.29, 0.717) is 23.4 Å². The fourth-order valence-electron chi connectivity index (χ4n) is 4.14. The van der Waals surface area contributed by atoms with Crippen molar-refractivity contribution in [3.05, 3.63) is 70.5 Å². The SMILES string of the molecule is CCCCCN1C(=O)C(=O)/C(=C(/O)c2cc(C(C)(C)C)ccc2OC)C1c1ccc(F)cc1. The maximum absolute atomic E-state index is 13.6. The van der Waals surface area contributed by atoms with Gasteiger partial charge in [0.15, 0.2) is 0 Å². The first-order valence-electron chi connectivity index (χ1n) is 11.3. The van der Waals surface area contributed by atoms with Crippen molar-refractivity contribution in [2.75, 3.05) is 13.7 Å². The number of amides is 1. The van der Waals surface area contributed by atoms with Crippen LogP contribution in [0.25, 0.3) is 5.76 Å². The molecule has 176 valence electrons. The fourth-order valence-corrected chi connectivity index (χ4v) is 4.14. The summed E-state index contributed by atoms with van der Waals surface area (Å²) in [5.41, 5.74) is 1.65. The van der Waals surface area contributed by atoms with Crippen molar-refractivity contribution >= 4 is 17.4 Å². The second-order valence-corrected chi connectivity index (χ2v) is 9.42. The topological polar surface area (TPSA) is 66.8 Å². The number of ketones is 1. The van der Waals surface area contributed by atoms with Crippen LogP contribution < -0.4 is 4.74 Å². The molecule has 0 saturated carbocycles. The van der Waals surface area contributed by atoms with Crippen molar-refractivity contribution in [2.24, 2.45) is 0 Å². The van der Waals surface area contributed by atoms with Gasteiger partial charge >= 0.3 is 0 Å². The molecule has 1 unspecified atom stereocenters. The molecular formula is C27H32FNO4. The van der Waals surface area contributed by atoms with Gasteiger partial charge in [0.25, 0.3) is 11.7 Å². The minimum Gasteiger partial charge on any atom is -0.507 e. The zero-order valence-electron chi connectivity index (χ0n) is 19.9. The highest BCUT2D eigenvalue weighted by atomic mass is 19.1. The van der Waals surface area contributed by atoms with E-state index in [9.17, 15) is 19.1 Å². The molecule has 1 aliphatic rings. The molecule has 0 spiro atoms. The highest BCUT2D eigenvalue weighted by Gasteiger charge is 2.46. The van der Waals surface area contributed by atoms with E-state index in [1.807, 2.05) is 26.8 Å². The van der Waals surface area contributed by atoms with E-state index in [2.05, 4.69) is 6.92 Å². The summed E-state index contributed by atoms with van der Waals surface area (Å²) in [5, 5.41) is 11.4. The highest BCUT2D eigenvalue weighted by molar-refractivity contribution is 6.46. The number of rotatable bonds is 7. The molecule has 1 N–H and O–H groups in total. The van der Waals surface area contributed by atoms with E-state index in [-0.39, 0.29) is 16.7 Å². The lowest BCUT2D eigenvalue weighted by molar-refractivity contribution is -0.139. The van der Waals surface area contributed by atoms with Crippen LogP contribution in [0.3, 0.4) is 0 Å². The Morgan fingerprint density at radius 2 is 1.76 bits per heavy atom. The number of aliphatic hydroxyl groups is 1. The third kappa shape index (κ3) is 4.95. The first-order valence-corrected chi connectivity index (χ1v) is 11.3. The van der Waals surface area contributed by atoms with Gasteiger partial charge in [-0.15, -0.1) is 0 Å². The van der Waals surface area contributed by atoms with Gasteiger partial charge in [0, 0.05) is 6.54 Å². The Balaban J connectivity index is 2.21. The molecule has 3 rings (SSSR count). The van der Waals surface area contributed by atoms with Crippen LogP contribution in [0.1, 0.15) is 69.7 Å². The molecule has 1 fully saturated rings. The summed E-state index contributed by atoms with van der Waals surface area (Å²) >= 11 is 0. The van der Waals surface area contributed by atoms with Crippen LogP contribution >= 0.6 is 0 Å². The molecule has 1 saturated heterocycles. The number of halogens is 1. The molecule has 0 aliphatic carbocycles. The summed E-state index contributed by atoms with van der Waals surface area (Å²) < 4.78 is 19.1. The van der Waals surface area contributed by atoms with Crippen molar-refractivity contribution < 1.29 is 23.8 Å². The molecule has 0 bridgehead atoms. The number of unbranched alkanes of at least 4 members (excludes halogenated alkanes) is 2. The van der Waals surface area contributed by atoms with Gasteiger partial charge in [-0.05, 0) is 47.2 Å². The second-order valence-electron chi connectivity index (χ2n) is 9.42.